The van der Waals surface area contributed by atoms with E-state index in [0.717, 1.165) is 36.0 Å². The minimum Gasteiger partial charge on any atom is -0.494 e. The van der Waals surface area contributed by atoms with Crippen molar-refractivity contribution in [2.75, 3.05) is 6.61 Å². The first-order valence-corrected chi connectivity index (χ1v) is 6.49. The van der Waals surface area contributed by atoms with Crippen molar-refractivity contribution in [1.82, 2.24) is 0 Å². The van der Waals surface area contributed by atoms with Crippen molar-refractivity contribution in [3.8, 4) is 5.75 Å². The van der Waals surface area contributed by atoms with E-state index in [-0.39, 0.29) is 5.63 Å². The molecule has 2 aromatic rings. The lowest BCUT2D eigenvalue weighted by Gasteiger charge is -2.07. The molecule has 0 bridgehead atoms. The Labute approximate surface area is 112 Å². The van der Waals surface area contributed by atoms with E-state index in [1.165, 1.54) is 6.07 Å². The van der Waals surface area contributed by atoms with Gasteiger partial charge < -0.3 is 9.15 Å². The second-order valence-corrected chi connectivity index (χ2v) is 4.54. The third-order valence-electron chi connectivity index (χ3n) is 2.99. The topological polar surface area (TPSA) is 39.4 Å². The molecule has 0 aliphatic rings. The molecule has 0 unspecified atom stereocenters. The van der Waals surface area contributed by atoms with E-state index in [4.69, 9.17) is 9.15 Å². The Kier molecular flexibility index (Phi) is 4.39. The van der Waals surface area contributed by atoms with Crippen LogP contribution >= 0.6 is 0 Å². The maximum Gasteiger partial charge on any atom is 0.336 e. The lowest BCUT2D eigenvalue weighted by atomic mass is 10.1. The van der Waals surface area contributed by atoms with Gasteiger partial charge in [0.05, 0.1) is 6.61 Å². The molecular weight excluding hydrogens is 240 g/mol. The summed E-state index contributed by atoms with van der Waals surface area (Å²) in [6.45, 7) is 6.28. The number of unbranched alkanes of at least 4 members (excludes halogenated alkanes) is 2. The number of ether oxygens (including phenoxy) is 1. The third kappa shape index (κ3) is 3.47. The van der Waals surface area contributed by atoms with Crippen LogP contribution < -0.4 is 10.4 Å². The molecule has 0 saturated heterocycles. The van der Waals surface area contributed by atoms with Crippen LogP contribution in [-0.2, 0) is 0 Å². The SMILES string of the molecule is C=CCCCCOc1ccc2oc(=O)cc(C)c2c1. The van der Waals surface area contributed by atoms with Crippen LogP contribution in [0.25, 0.3) is 11.0 Å². The minimum atomic E-state index is -0.317. The molecule has 0 N–H and O–H groups in total. The Morgan fingerprint density at radius 3 is 2.95 bits per heavy atom. The van der Waals surface area contributed by atoms with Gasteiger partial charge in [-0.15, -0.1) is 6.58 Å². The molecule has 0 aliphatic heterocycles. The molecule has 1 aromatic heterocycles. The molecule has 0 radical (unpaired) electrons. The van der Waals surface area contributed by atoms with Crippen LogP contribution in [-0.4, -0.2) is 6.61 Å². The lowest BCUT2D eigenvalue weighted by Crippen LogP contribution is -1.99. The molecule has 0 spiro atoms. The Morgan fingerprint density at radius 2 is 2.16 bits per heavy atom. The van der Waals surface area contributed by atoms with Crippen molar-refractivity contribution in [2.24, 2.45) is 0 Å². The summed E-state index contributed by atoms with van der Waals surface area (Å²) in [7, 11) is 0. The Bertz CT molecular complexity index is 625. The quantitative estimate of drug-likeness (QED) is 0.449. The van der Waals surface area contributed by atoms with E-state index >= 15 is 0 Å². The average molecular weight is 258 g/mol. The van der Waals surface area contributed by atoms with Gasteiger partial charge in [0.1, 0.15) is 11.3 Å². The molecule has 3 heteroatoms. The molecule has 2 rings (SSSR count). The summed E-state index contributed by atoms with van der Waals surface area (Å²) >= 11 is 0. The zero-order valence-electron chi connectivity index (χ0n) is 11.1. The summed E-state index contributed by atoms with van der Waals surface area (Å²) in [6.07, 6.45) is 5.03. The summed E-state index contributed by atoms with van der Waals surface area (Å²) in [5.41, 5.74) is 1.19. The maximum atomic E-state index is 11.3. The van der Waals surface area contributed by atoms with Gasteiger partial charge in [-0.05, 0) is 49.9 Å². The van der Waals surface area contributed by atoms with E-state index in [1.807, 2.05) is 25.1 Å². The molecule has 3 nitrogen and oxygen atoms in total. The fourth-order valence-electron chi connectivity index (χ4n) is 1.97. The van der Waals surface area contributed by atoms with Crippen molar-refractivity contribution in [3.63, 3.8) is 0 Å². The van der Waals surface area contributed by atoms with Gasteiger partial charge in [0.15, 0.2) is 0 Å². The van der Waals surface area contributed by atoms with Gasteiger partial charge in [-0.25, -0.2) is 4.79 Å². The van der Waals surface area contributed by atoms with Crippen molar-refractivity contribution in [3.05, 3.63) is 52.9 Å². The number of fused-ring (bicyclic) bond motifs is 1. The first-order chi connectivity index (χ1) is 9.20. The number of hydrogen-bond acceptors (Lipinski definition) is 3. The van der Waals surface area contributed by atoms with Crippen molar-refractivity contribution in [2.45, 2.75) is 26.2 Å². The highest BCUT2D eigenvalue weighted by molar-refractivity contribution is 5.81. The highest BCUT2D eigenvalue weighted by Crippen LogP contribution is 2.22. The number of aryl methyl sites for hydroxylation is 1. The largest absolute Gasteiger partial charge is 0.494 e. The summed E-state index contributed by atoms with van der Waals surface area (Å²) in [5.74, 6) is 0.808. The first-order valence-electron chi connectivity index (χ1n) is 6.49. The van der Waals surface area contributed by atoms with Gasteiger partial charge in [0.2, 0.25) is 0 Å². The Morgan fingerprint density at radius 1 is 1.32 bits per heavy atom. The van der Waals surface area contributed by atoms with Gasteiger partial charge in [-0.2, -0.15) is 0 Å². The lowest BCUT2D eigenvalue weighted by molar-refractivity contribution is 0.307. The second-order valence-electron chi connectivity index (χ2n) is 4.54. The first kappa shape index (κ1) is 13.4. The fraction of sp³-hybridized carbons (Fsp3) is 0.312. The summed E-state index contributed by atoms with van der Waals surface area (Å²) in [6, 6.07) is 7.03. The predicted octanol–water partition coefficient (Wildman–Crippen LogP) is 3.84. The van der Waals surface area contributed by atoms with Crippen molar-refractivity contribution in [1.29, 1.82) is 0 Å². The number of rotatable bonds is 6. The molecule has 1 aromatic carbocycles. The summed E-state index contributed by atoms with van der Waals surface area (Å²) in [5, 5.41) is 0.920. The average Bonchev–Trinajstić information content (AvgIpc) is 2.39. The van der Waals surface area contributed by atoms with Gasteiger partial charge in [0, 0.05) is 11.5 Å². The zero-order valence-corrected chi connectivity index (χ0v) is 11.1. The normalized spacial score (nSPS) is 10.6. The van der Waals surface area contributed by atoms with E-state index in [2.05, 4.69) is 6.58 Å². The van der Waals surface area contributed by atoms with Gasteiger partial charge in [0.25, 0.3) is 0 Å². The minimum absolute atomic E-state index is 0.317. The van der Waals surface area contributed by atoms with E-state index in [0.29, 0.717) is 12.2 Å². The van der Waals surface area contributed by atoms with Crippen LogP contribution in [0.4, 0.5) is 0 Å². The molecular formula is C16H18O3. The summed E-state index contributed by atoms with van der Waals surface area (Å²) < 4.78 is 10.8. The van der Waals surface area contributed by atoms with Crippen LogP contribution in [0.15, 0.2) is 46.1 Å². The van der Waals surface area contributed by atoms with Crippen LogP contribution in [0, 0.1) is 6.92 Å². The standard InChI is InChI=1S/C16H18O3/c1-3-4-5-6-9-18-13-7-8-15-14(11-13)12(2)10-16(17)19-15/h3,7-8,10-11H,1,4-6,9H2,2H3. The molecule has 19 heavy (non-hydrogen) atoms. The second kappa shape index (κ2) is 6.23. The predicted molar refractivity (Wildman–Crippen MR) is 76.8 cm³/mol. The van der Waals surface area contributed by atoms with Gasteiger partial charge in [-0.1, -0.05) is 6.08 Å². The smallest absolute Gasteiger partial charge is 0.336 e. The highest BCUT2D eigenvalue weighted by Gasteiger charge is 2.03. The third-order valence-corrected chi connectivity index (χ3v) is 2.99. The van der Waals surface area contributed by atoms with Crippen molar-refractivity contribution < 1.29 is 9.15 Å². The zero-order chi connectivity index (χ0) is 13.7. The maximum absolute atomic E-state index is 11.3. The highest BCUT2D eigenvalue weighted by atomic mass is 16.5. The van der Waals surface area contributed by atoms with Gasteiger partial charge in [-0.3, -0.25) is 0 Å². The Balaban J connectivity index is 2.09. The molecule has 0 amide bonds. The molecule has 0 saturated carbocycles. The molecule has 0 fully saturated rings. The number of allylic oxidation sites excluding steroid dienone is 1. The summed E-state index contributed by atoms with van der Waals surface area (Å²) in [4.78, 5) is 11.3. The number of benzene rings is 1. The van der Waals surface area contributed by atoms with Crippen LogP contribution in [0.3, 0.4) is 0 Å². The van der Waals surface area contributed by atoms with Crippen LogP contribution in [0.5, 0.6) is 5.75 Å². The Hall–Kier alpha value is -2.03. The van der Waals surface area contributed by atoms with E-state index in [1.54, 1.807) is 6.07 Å². The molecule has 0 atom stereocenters. The monoisotopic (exact) mass is 258 g/mol. The van der Waals surface area contributed by atoms with Gasteiger partial charge >= 0.3 is 5.63 Å². The van der Waals surface area contributed by atoms with Crippen molar-refractivity contribution >= 4 is 11.0 Å². The van der Waals surface area contributed by atoms with Crippen LogP contribution in [0.2, 0.25) is 0 Å². The fourth-order valence-corrected chi connectivity index (χ4v) is 1.97. The molecule has 0 aliphatic carbocycles. The van der Waals surface area contributed by atoms with Crippen LogP contribution in [0.1, 0.15) is 24.8 Å². The molecule has 1 heterocycles. The van der Waals surface area contributed by atoms with E-state index < -0.39 is 0 Å². The number of hydrogen-bond donors (Lipinski definition) is 0. The van der Waals surface area contributed by atoms with E-state index in [9.17, 15) is 4.79 Å². The molecule has 100 valence electrons.